The molecule has 1 N–H and O–H groups in total. The van der Waals surface area contributed by atoms with E-state index in [1.165, 1.54) is 11.8 Å². The van der Waals surface area contributed by atoms with E-state index in [9.17, 15) is 4.79 Å². The number of carbonyl (C=O) groups excluding carboxylic acids is 1. The van der Waals surface area contributed by atoms with Gasteiger partial charge < -0.3 is 14.6 Å². The highest BCUT2D eigenvalue weighted by Crippen LogP contribution is 2.27. The Kier molecular flexibility index (Phi) is 4.76. The van der Waals surface area contributed by atoms with Gasteiger partial charge in [-0.05, 0) is 36.1 Å². The molecule has 1 fully saturated rings. The Morgan fingerprint density at radius 1 is 1.41 bits per heavy atom. The van der Waals surface area contributed by atoms with Crippen molar-refractivity contribution in [3.05, 3.63) is 52.7 Å². The molecule has 116 valence electrons. The van der Waals surface area contributed by atoms with E-state index in [1.54, 1.807) is 6.07 Å². The van der Waals surface area contributed by atoms with Gasteiger partial charge in [-0.25, -0.2) is 0 Å². The van der Waals surface area contributed by atoms with Crippen molar-refractivity contribution in [1.29, 1.82) is 0 Å². The number of nitrogens with one attached hydrogen (secondary N) is 1. The third-order valence-corrected chi connectivity index (χ3v) is 4.59. The zero-order chi connectivity index (χ0) is 15.5. The molecule has 2 aromatic rings. The van der Waals surface area contributed by atoms with E-state index >= 15 is 0 Å². The van der Waals surface area contributed by atoms with E-state index in [4.69, 9.17) is 16.0 Å². The quantitative estimate of drug-likeness (QED) is 0.872. The third-order valence-electron chi connectivity index (χ3n) is 3.73. The number of benzene rings is 1. The highest BCUT2D eigenvalue weighted by atomic mass is 35.5. The van der Waals surface area contributed by atoms with Crippen molar-refractivity contribution in [3.8, 4) is 0 Å². The van der Waals surface area contributed by atoms with Crippen molar-refractivity contribution in [2.45, 2.75) is 11.1 Å². The first-order chi connectivity index (χ1) is 10.7. The van der Waals surface area contributed by atoms with Crippen molar-refractivity contribution in [3.63, 3.8) is 0 Å². The Bertz CT molecular complexity index is 674. The summed E-state index contributed by atoms with van der Waals surface area (Å²) in [6, 6.07) is 11.2. The van der Waals surface area contributed by atoms with Crippen LogP contribution in [0.15, 0.2) is 45.9 Å². The van der Waals surface area contributed by atoms with Gasteiger partial charge in [-0.15, -0.1) is 0 Å². The van der Waals surface area contributed by atoms with Crippen LogP contribution in [0.25, 0.3) is 0 Å². The van der Waals surface area contributed by atoms with E-state index in [2.05, 4.69) is 5.32 Å². The van der Waals surface area contributed by atoms with Gasteiger partial charge in [0, 0.05) is 24.7 Å². The number of carbonyl (C=O) groups is 1. The van der Waals surface area contributed by atoms with Crippen molar-refractivity contribution in [2.75, 3.05) is 25.9 Å². The largest absolute Gasteiger partial charge is 0.445 e. The van der Waals surface area contributed by atoms with Crippen LogP contribution in [0.3, 0.4) is 0 Å². The van der Waals surface area contributed by atoms with Gasteiger partial charge in [0.15, 0.2) is 10.9 Å². The molecule has 6 heteroatoms. The van der Waals surface area contributed by atoms with E-state index in [0.717, 1.165) is 17.2 Å². The van der Waals surface area contributed by atoms with Crippen LogP contribution in [-0.2, 0) is 0 Å². The van der Waals surface area contributed by atoms with E-state index in [-0.39, 0.29) is 11.9 Å². The topological polar surface area (TPSA) is 45.5 Å². The first-order valence-electron chi connectivity index (χ1n) is 7.10. The van der Waals surface area contributed by atoms with Crippen LogP contribution >= 0.6 is 23.4 Å². The number of hydrogen-bond acceptors (Lipinski definition) is 4. The fourth-order valence-corrected chi connectivity index (χ4v) is 3.22. The summed E-state index contributed by atoms with van der Waals surface area (Å²) in [7, 11) is 0. The molecule has 4 nitrogen and oxygen atoms in total. The van der Waals surface area contributed by atoms with E-state index in [0.29, 0.717) is 23.9 Å². The maximum absolute atomic E-state index is 12.8. The van der Waals surface area contributed by atoms with Crippen LogP contribution in [-0.4, -0.2) is 36.7 Å². The highest BCUT2D eigenvalue weighted by Gasteiger charge is 2.30. The number of thioether (sulfide) groups is 1. The average Bonchev–Trinajstić information content (AvgIpc) is 3.03. The van der Waals surface area contributed by atoms with Gasteiger partial charge >= 0.3 is 0 Å². The maximum Gasteiger partial charge on any atom is 0.290 e. The standard InChI is InChI=1S/C16H17ClN2O2S/c1-22-15-6-5-14(21-15)16(20)19-8-7-18-10-13(19)11-3-2-4-12(17)9-11/h2-6,9,13,18H,7-8,10H2,1H3. The minimum absolute atomic E-state index is 0.0391. The normalized spacial score (nSPS) is 18.5. The van der Waals surface area contributed by atoms with E-state index in [1.807, 2.05) is 41.5 Å². The molecule has 1 aliphatic heterocycles. The lowest BCUT2D eigenvalue weighted by atomic mass is 10.0. The summed E-state index contributed by atoms with van der Waals surface area (Å²) in [6.07, 6.45) is 1.92. The molecule has 0 saturated carbocycles. The molecule has 1 saturated heterocycles. The van der Waals surface area contributed by atoms with Crippen LogP contribution in [0.4, 0.5) is 0 Å². The minimum atomic E-state index is -0.0771. The molecular formula is C16H17ClN2O2S. The molecule has 0 aliphatic carbocycles. The monoisotopic (exact) mass is 336 g/mol. The second-order valence-electron chi connectivity index (χ2n) is 5.10. The molecule has 1 atom stereocenters. The number of hydrogen-bond donors (Lipinski definition) is 1. The summed E-state index contributed by atoms with van der Waals surface area (Å²) in [5.74, 6) is 0.310. The first kappa shape index (κ1) is 15.5. The van der Waals surface area contributed by atoms with Gasteiger partial charge in [0.25, 0.3) is 5.91 Å². The number of halogens is 1. The Morgan fingerprint density at radius 2 is 2.27 bits per heavy atom. The smallest absolute Gasteiger partial charge is 0.290 e. The fourth-order valence-electron chi connectivity index (χ4n) is 2.65. The molecule has 1 amide bonds. The van der Waals surface area contributed by atoms with Crippen molar-refractivity contribution in [2.24, 2.45) is 0 Å². The summed E-state index contributed by atoms with van der Waals surface area (Å²) >= 11 is 7.57. The zero-order valence-electron chi connectivity index (χ0n) is 12.2. The number of amides is 1. The molecule has 0 radical (unpaired) electrons. The molecule has 1 aliphatic rings. The molecular weight excluding hydrogens is 320 g/mol. The van der Waals surface area contributed by atoms with Crippen LogP contribution in [0.1, 0.15) is 22.2 Å². The summed E-state index contributed by atoms with van der Waals surface area (Å²) < 4.78 is 5.58. The molecule has 0 spiro atoms. The molecule has 1 unspecified atom stereocenters. The number of nitrogens with zero attached hydrogens (tertiary/aromatic N) is 1. The Morgan fingerprint density at radius 3 is 3.00 bits per heavy atom. The fraction of sp³-hybridized carbons (Fsp3) is 0.312. The van der Waals surface area contributed by atoms with Crippen LogP contribution in [0.2, 0.25) is 5.02 Å². The Hall–Kier alpha value is -1.43. The van der Waals surface area contributed by atoms with Gasteiger partial charge in [-0.2, -0.15) is 0 Å². The lowest BCUT2D eigenvalue weighted by molar-refractivity contribution is 0.0596. The molecule has 22 heavy (non-hydrogen) atoms. The average molecular weight is 337 g/mol. The van der Waals surface area contributed by atoms with Gasteiger partial charge in [-0.1, -0.05) is 35.5 Å². The van der Waals surface area contributed by atoms with Crippen molar-refractivity contribution < 1.29 is 9.21 Å². The van der Waals surface area contributed by atoms with E-state index < -0.39 is 0 Å². The van der Waals surface area contributed by atoms with Gasteiger partial charge in [-0.3, -0.25) is 4.79 Å². The Labute approximate surface area is 138 Å². The SMILES string of the molecule is CSc1ccc(C(=O)N2CCNCC2c2cccc(Cl)c2)o1. The summed E-state index contributed by atoms with van der Waals surface area (Å²) in [5.41, 5.74) is 1.03. The Balaban J connectivity index is 1.87. The molecule has 1 aromatic heterocycles. The predicted octanol–water partition coefficient (Wildman–Crippen LogP) is 3.44. The lowest BCUT2D eigenvalue weighted by Gasteiger charge is -2.36. The second kappa shape index (κ2) is 6.77. The first-order valence-corrected chi connectivity index (χ1v) is 8.70. The minimum Gasteiger partial charge on any atom is -0.445 e. The number of piperazine rings is 1. The maximum atomic E-state index is 12.8. The molecule has 0 bridgehead atoms. The number of furan rings is 1. The van der Waals surface area contributed by atoms with Gasteiger partial charge in [0.1, 0.15) is 0 Å². The highest BCUT2D eigenvalue weighted by molar-refractivity contribution is 7.98. The van der Waals surface area contributed by atoms with Gasteiger partial charge in [0.2, 0.25) is 0 Å². The summed E-state index contributed by atoms with van der Waals surface area (Å²) in [4.78, 5) is 14.6. The van der Waals surface area contributed by atoms with Crippen molar-refractivity contribution in [1.82, 2.24) is 10.2 Å². The molecule has 3 rings (SSSR count). The molecule has 1 aromatic carbocycles. The predicted molar refractivity (Wildman–Crippen MR) is 88.6 cm³/mol. The lowest BCUT2D eigenvalue weighted by Crippen LogP contribution is -2.48. The van der Waals surface area contributed by atoms with Gasteiger partial charge in [0.05, 0.1) is 6.04 Å². The number of rotatable bonds is 3. The summed E-state index contributed by atoms with van der Waals surface area (Å²) in [5, 5.41) is 4.76. The van der Waals surface area contributed by atoms with Crippen LogP contribution in [0.5, 0.6) is 0 Å². The van der Waals surface area contributed by atoms with Crippen LogP contribution < -0.4 is 5.32 Å². The second-order valence-corrected chi connectivity index (χ2v) is 6.34. The molecule has 2 heterocycles. The van der Waals surface area contributed by atoms with Crippen molar-refractivity contribution >= 4 is 29.3 Å². The third kappa shape index (κ3) is 3.16. The van der Waals surface area contributed by atoms with Crippen LogP contribution in [0, 0.1) is 0 Å². The zero-order valence-corrected chi connectivity index (χ0v) is 13.8. The summed E-state index contributed by atoms with van der Waals surface area (Å²) in [6.45, 7) is 2.13.